The molecule has 1 aromatic heterocycles. The summed E-state index contributed by atoms with van der Waals surface area (Å²) in [6.45, 7) is 0. The Balaban J connectivity index is 2.01. The van der Waals surface area contributed by atoms with Gasteiger partial charge in [0.2, 0.25) is 10.5 Å². The zero-order chi connectivity index (χ0) is 17.1. The number of phenols is 2. The molecule has 0 saturated heterocycles. The predicted octanol–water partition coefficient (Wildman–Crippen LogP) is 2.91. The van der Waals surface area contributed by atoms with Crippen molar-refractivity contribution in [3.05, 3.63) is 52.8 Å². The Kier molecular flexibility index (Phi) is 4.30. The highest BCUT2D eigenvalue weighted by atomic mass is 32.1. The summed E-state index contributed by atoms with van der Waals surface area (Å²) in [7, 11) is 1.40. The fraction of sp³-hybridized carbons (Fsp3) is 0.0625. The number of H-pyrrole nitrogens is 1. The maximum atomic E-state index is 9.72. The normalized spacial score (nSPS) is 11.0. The number of phenolic OH excluding ortho intramolecular Hbond substituents is 2. The molecular weight excluding hydrogens is 328 g/mol. The Morgan fingerprint density at radius 2 is 2.00 bits per heavy atom. The van der Waals surface area contributed by atoms with Gasteiger partial charge in [-0.2, -0.15) is 14.9 Å². The van der Waals surface area contributed by atoms with Gasteiger partial charge in [-0.05, 0) is 24.4 Å². The fourth-order valence-electron chi connectivity index (χ4n) is 2.14. The summed E-state index contributed by atoms with van der Waals surface area (Å²) in [5.74, 6) is 0.0942. The number of hydrogen-bond donors (Lipinski definition) is 3. The molecule has 122 valence electrons. The lowest BCUT2D eigenvalue weighted by Gasteiger charge is -2.06. The van der Waals surface area contributed by atoms with Gasteiger partial charge in [0.05, 0.1) is 13.3 Å². The van der Waals surface area contributed by atoms with Crippen LogP contribution in [0.1, 0.15) is 5.56 Å². The number of hydrogen-bond acceptors (Lipinski definition) is 6. The summed E-state index contributed by atoms with van der Waals surface area (Å²) in [5.41, 5.74) is 1.39. The number of rotatable bonds is 4. The Bertz CT molecular complexity index is 948. The van der Waals surface area contributed by atoms with E-state index in [0.717, 1.165) is 5.56 Å². The first kappa shape index (κ1) is 15.8. The van der Waals surface area contributed by atoms with Crippen LogP contribution >= 0.6 is 12.2 Å². The van der Waals surface area contributed by atoms with E-state index in [1.54, 1.807) is 6.07 Å². The third kappa shape index (κ3) is 2.99. The number of nitrogens with zero attached hydrogens (tertiary/aromatic N) is 3. The van der Waals surface area contributed by atoms with E-state index in [0.29, 0.717) is 16.2 Å². The summed E-state index contributed by atoms with van der Waals surface area (Å²) < 4.78 is 6.81. The summed E-state index contributed by atoms with van der Waals surface area (Å²) in [4.78, 5) is 0. The number of ether oxygens (including phenoxy) is 1. The number of methoxy groups -OCH3 is 1. The minimum absolute atomic E-state index is 0.149. The van der Waals surface area contributed by atoms with Crippen molar-refractivity contribution >= 4 is 18.4 Å². The molecule has 0 spiro atoms. The fourth-order valence-corrected chi connectivity index (χ4v) is 2.32. The molecule has 0 fully saturated rings. The average Bonchev–Trinajstić information content (AvgIpc) is 2.97. The molecule has 0 bridgehead atoms. The van der Waals surface area contributed by atoms with Crippen molar-refractivity contribution in [3.8, 4) is 28.6 Å². The number of nitrogens with one attached hydrogen (secondary N) is 1. The smallest absolute Gasteiger partial charge is 0.216 e. The minimum atomic E-state index is -0.320. The predicted molar refractivity (Wildman–Crippen MR) is 92.2 cm³/mol. The van der Waals surface area contributed by atoms with E-state index in [1.807, 2.05) is 30.3 Å². The molecule has 3 rings (SSSR count). The van der Waals surface area contributed by atoms with Crippen LogP contribution in [0.5, 0.6) is 17.2 Å². The van der Waals surface area contributed by atoms with Crippen LogP contribution in [0.3, 0.4) is 0 Å². The molecule has 0 unspecified atom stereocenters. The molecule has 0 radical (unpaired) electrons. The number of aromatic nitrogens is 3. The standard InChI is InChI=1S/C16H14N4O3S/c1-23-13-8-10(7-12(21)14(13)22)9-17-20-15(18-19-16(20)24)11-5-3-2-4-6-11/h2-9,21-22H,1H3,(H,19,24)/b17-9+. The van der Waals surface area contributed by atoms with Gasteiger partial charge in [-0.15, -0.1) is 0 Å². The van der Waals surface area contributed by atoms with Gasteiger partial charge in [0.1, 0.15) is 0 Å². The maximum Gasteiger partial charge on any atom is 0.216 e. The van der Waals surface area contributed by atoms with E-state index >= 15 is 0 Å². The van der Waals surface area contributed by atoms with Gasteiger partial charge < -0.3 is 14.9 Å². The van der Waals surface area contributed by atoms with Gasteiger partial charge >= 0.3 is 0 Å². The van der Waals surface area contributed by atoms with E-state index in [2.05, 4.69) is 15.3 Å². The van der Waals surface area contributed by atoms with Crippen LogP contribution in [-0.4, -0.2) is 38.4 Å². The number of benzene rings is 2. The lowest BCUT2D eigenvalue weighted by molar-refractivity contribution is 0.351. The largest absolute Gasteiger partial charge is 0.504 e. The third-order valence-electron chi connectivity index (χ3n) is 3.30. The second-order valence-corrected chi connectivity index (χ2v) is 5.25. The second-order valence-electron chi connectivity index (χ2n) is 4.87. The van der Waals surface area contributed by atoms with Crippen molar-refractivity contribution < 1.29 is 14.9 Å². The Morgan fingerprint density at radius 1 is 1.25 bits per heavy atom. The first-order chi connectivity index (χ1) is 11.6. The van der Waals surface area contributed by atoms with Gasteiger partial charge in [0.15, 0.2) is 17.3 Å². The van der Waals surface area contributed by atoms with Gasteiger partial charge in [-0.3, -0.25) is 0 Å². The molecule has 0 aliphatic heterocycles. The first-order valence-corrected chi connectivity index (χ1v) is 7.38. The van der Waals surface area contributed by atoms with Gasteiger partial charge in [0, 0.05) is 11.1 Å². The summed E-state index contributed by atoms with van der Waals surface area (Å²) in [6, 6.07) is 12.4. The molecule has 0 saturated carbocycles. The highest BCUT2D eigenvalue weighted by Crippen LogP contribution is 2.35. The Hall–Kier alpha value is -3.13. The van der Waals surface area contributed by atoms with Gasteiger partial charge in [-0.1, -0.05) is 30.3 Å². The molecular formula is C16H14N4O3S. The highest BCUT2D eigenvalue weighted by molar-refractivity contribution is 7.71. The summed E-state index contributed by atoms with van der Waals surface area (Å²) >= 11 is 5.20. The summed E-state index contributed by atoms with van der Waals surface area (Å²) in [6.07, 6.45) is 1.49. The highest BCUT2D eigenvalue weighted by Gasteiger charge is 2.10. The Morgan fingerprint density at radius 3 is 2.71 bits per heavy atom. The second kappa shape index (κ2) is 6.55. The van der Waals surface area contributed by atoms with Crippen molar-refractivity contribution in [3.63, 3.8) is 0 Å². The van der Waals surface area contributed by atoms with Crippen LogP contribution < -0.4 is 4.74 Å². The van der Waals surface area contributed by atoms with E-state index in [4.69, 9.17) is 17.0 Å². The minimum Gasteiger partial charge on any atom is -0.504 e. The molecule has 0 amide bonds. The molecule has 1 heterocycles. The topological polar surface area (TPSA) is 95.7 Å². The van der Waals surface area contributed by atoms with E-state index in [1.165, 1.54) is 24.1 Å². The average molecular weight is 342 g/mol. The van der Waals surface area contributed by atoms with Crippen molar-refractivity contribution in [1.82, 2.24) is 14.9 Å². The van der Waals surface area contributed by atoms with Crippen LogP contribution in [0.4, 0.5) is 0 Å². The monoisotopic (exact) mass is 342 g/mol. The molecule has 2 aromatic carbocycles. The van der Waals surface area contributed by atoms with Crippen LogP contribution in [0.25, 0.3) is 11.4 Å². The molecule has 0 atom stereocenters. The van der Waals surface area contributed by atoms with Crippen molar-refractivity contribution in [2.75, 3.05) is 7.11 Å². The lowest BCUT2D eigenvalue weighted by Crippen LogP contribution is -1.95. The van der Waals surface area contributed by atoms with Crippen LogP contribution in [0.15, 0.2) is 47.6 Å². The van der Waals surface area contributed by atoms with Gasteiger partial charge in [-0.25, -0.2) is 5.10 Å². The number of aromatic hydroxyl groups is 2. The molecule has 0 aliphatic rings. The molecule has 7 nitrogen and oxygen atoms in total. The lowest BCUT2D eigenvalue weighted by atomic mass is 10.2. The van der Waals surface area contributed by atoms with Crippen LogP contribution in [0, 0.1) is 4.77 Å². The molecule has 0 aliphatic carbocycles. The molecule has 8 heteroatoms. The molecule has 3 N–H and O–H groups in total. The third-order valence-corrected chi connectivity index (χ3v) is 3.57. The number of aromatic amines is 1. The SMILES string of the molecule is COc1cc(/C=N/n2c(-c3ccccc3)n[nH]c2=S)cc(O)c1O. The van der Waals surface area contributed by atoms with Crippen molar-refractivity contribution in [2.45, 2.75) is 0 Å². The molecule has 3 aromatic rings. The van der Waals surface area contributed by atoms with E-state index in [-0.39, 0.29) is 17.2 Å². The maximum absolute atomic E-state index is 9.72. The Labute approximate surface area is 142 Å². The quantitative estimate of drug-likeness (QED) is 0.385. The zero-order valence-corrected chi connectivity index (χ0v) is 13.5. The van der Waals surface area contributed by atoms with Crippen molar-refractivity contribution in [1.29, 1.82) is 0 Å². The van der Waals surface area contributed by atoms with Gasteiger partial charge in [0.25, 0.3) is 0 Å². The van der Waals surface area contributed by atoms with Crippen LogP contribution in [0.2, 0.25) is 0 Å². The zero-order valence-electron chi connectivity index (χ0n) is 12.7. The van der Waals surface area contributed by atoms with Crippen molar-refractivity contribution in [2.24, 2.45) is 5.10 Å². The van der Waals surface area contributed by atoms with E-state index in [9.17, 15) is 10.2 Å². The molecule has 24 heavy (non-hydrogen) atoms. The van der Waals surface area contributed by atoms with Crippen LogP contribution in [-0.2, 0) is 0 Å². The first-order valence-electron chi connectivity index (χ1n) is 6.97. The van der Waals surface area contributed by atoms with E-state index < -0.39 is 0 Å². The summed E-state index contributed by atoms with van der Waals surface area (Å²) in [5, 5.41) is 30.6.